The Balaban J connectivity index is 1.80. The zero-order valence-electron chi connectivity index (χ0n) is 13.6. The van der Waals surface area contributed by atoms with Gasteiger partial charge in [-0.2, -0.15) is 0 Å². The number of nitrogens with one attached hydrogen (secondary N) is 1. The number of esters is 1. The molecule has 0 aliphatic rings. The SMILES string of the molecule is COC(=O)c1cccc2cc(CNC(=O)c3cncnc3OC)oc12. The molecule has 0 bridgehead atoms. The Kier molecular flexibility index (Phi) is 4.60. The minimum Gasteiger partial charge on any atom is -0.480 e. The number of amides is 1. The molecular weight excluding hydrogens is 326 g/mol. The molecule has 3 rings (SSSR count). The van der Waals surface area contributed by atoms with Crippen LogP contribution in [-0.4, -0.2) is 36.1 Å². The Hall–Kier alpha value is -3.42. The highest BCUT2D eigenvalue weighted by Gasteiger charge is 2.17. The molecule has 0 saturated carbocycles. The lowest BCUT2D eigenvalue weighted by atomic mass is 10.1. The summed E-state index contributed by atoms with van der Waals surface area (Å²) in [6.07, 6.45) is 2.67. The minimum absolute atomic E-state index is 0.131. The number of para-hydroxylation sites is 1. The third-order valence-corrected chi connectivity index (χ3v) is 3.54. The van der Waals surface area contributed by atoms with Crippen LogP contribution in [0.2, 0.25) is 0 Å². The quantitative estimate of drug-likeness (QED) is 0.707. The predicted molar refractivity (Wildman–Crippen MR) is 87.3 cm³/mol. The predicted octanol–water partition coefficient (Wildman–Crippen LogP) is 1.95. The van der Waals surface area contributed by atoms with Gasteiger partial charge in [0.25, 0.3) is 5.91 Å². The van der Waals surface area contributed by atoms with Gasteiger partial charge in [-0.25, -0.2) is 14.8 Å². The third kappa shape index (κ3) is 3.27. The second-order valence-corrected chi connectivity index (χ2v) is 5.06. The van der Waals surface area contributed by atoms with E-state index in [2.05, 4.69) is 15.3 Å². The molecule has 0 radical (unpaired) electrons. The van der Waals surface area contributed by atoms with Crippen molar-refractivity contribution < 1.29 is 23.5 Å². The average Bonchev–Trinajstić information content (AvgIpc) is 3.08. The number of rotatable bonds is 5. The smallest absolute Gasteiger partial charge is 0.341 e. The van der Waals surface area contributed by atoms with Crippen LogP contribution in [0.4, 0.5) is 0 Å². The number of nitrogens with zero attached hydrogens (tertiary/aromatic N) is 2. The van der Waals surface area contributed by atoms with Crippen molar-refractivity contribution in [2.75, 3.05) is 14.2 Å². The number of furan rings is 1. The van der Waals surface area contributed by atoms with Gasteiger partial charge in [0, 0.05) is 11.6 Å². The van der Waals surface area contributed by atoms with Gasteiger partial charge in [0.15, 0.2) is 0 Å². The van der Waals surface area contributed by atoms with E-state index in [9.17, 15) is 9.59 Å². The lowest BCUT2D eigenvalue weighted by Crippen LogP contribution is -2.23. The summed E-state index contributed by atoms with van der Waals surface area (Å²) in [6.45, 7) is 0.131. The molecule has 0 saturated heterocycles. The molecule has 0 spiro atoms. The van der Waals surface area contributed by atoms with E-state index < -0.39 is 11.9 Å². The summed E-state index contributed by atoms with van der Waals surface area (Å²) in [6, 6.07) is 6.91. The number of hydrogen-bond donors (Lipinski definition) is 1. The van der Waals surface area contributed by atoms with E-state index in [1.165, 1.54) is 26.7 Å². The molecule has 8 heteroatoms. The zero-order chi connectivity index (χ0) is 17.8. The van der Waals surface area contributed by atoms with Gasteiger partial charge in [0.1, 0.15) is 28.8 Å². The number of hydrogen-bond acceptors (Lipinski definition) is 7. The van der Waals surface area contributed by atoms with Gasteiger partial charge in [-0.05, 0) is 12.1 Å². The second-order valence-electron chi connectivity index (χ2n) is 5.06. The summed E-state index contributed by atoms with van der Waals surface area (Å²) in [5, 5.41) is 3.45. The summed E-state index contributed by atoms with van der Waals surface area (Å²) in [7, 11) is 2.73. The first kappa shape index (κ1) is 16.4. The van der Waals surface area contributed by atoms with E-state index in [1.54, 1.807) is 18.2 Å². The van der Waals surface area contributed by atoms with Crippen molar-refractivity contribution in [1.82, 2.24) is 15.3 Å². The highest BCUT2D eigenvalue weighted by molar-refractivity contribution is 6.02. The van der Waals surface area contributed by atoms with Crippen LogP contribution in [0.25, 0.3) is 11.0 Å². The van der Waals surface area contributed by atoms with Crippen LogP contribution in [0, 0.1) is 0 Å². The van der Waals surface area contributed by atoms with Crippen LogP contribution in [0.5, 0.6) is 5.88 Å². The monoisotopic (exact) mass is 341 g/mol. The largest absolute Gasteiger partial charge is 0.480 e. The van der Waals surface area contributed by atoms with Crippen LogP contribution in [0.15, 0.2) is 41.2 Å². The maximum Gasteiger partial charge on any atom is 0.341 e. The number of fused-ring (bicyclic) bond motifs is 1. The molecule has 0 aliphatic heterocycles. The van der Waals surface area contributed by atoms with E-state index in [0.717, 1.165) is 5.39 Å². The van der Waals surface area contributed by atoms with Crippen molar-refractivity contribution in [3.8, 4) is 5.88 Å². The Morgan fingerprint density at radius 1 is 1.24 bits per heavy atom. The zero-order valence-corrected chi connectivity index (χ0v) is 13.6. The van der Waals surface area contributed by atoms with E-state index >= 15 is 0 Å². The number of benzene rings is 1. The number of ether oxygens (including phenoxy) is 2. The lowest BCUT2D eigenvalue weighted by molar-refractivity contribution is 0.0601. The van der Waals surface area contributed by atoms with Gasteiger partial charge in [-0.1, -0.05) is 12.1 Å². The fourth-order valence-electron chi connectivity index (χ4n) is 2.37. The molecule has 2 aromatic heterocycles. The normalized spacial score (nSPS) is 10.5. The highest BCUT2D eigenvalue weighted by atomic mass is 16.5. The molecular formula is C17H15N3O5. The maximum absolute atomic E-state index is 12.2. The van der Waals surface area contributed by atoms with Crippen LogP contribution in [-0.2, 0) is 11.3 Å². The average molecular weight is 341 g/mol. The molecule has 128 valence electrons. The van der Waals surface area contributed by atoms with Gasteiger partial charge < -0.3 is 19.2 Å². The molecule has 0 atom stereocenters. The van der Waals surface area contributed by atoms with E-state index in [0.29, 0.717) is 16.9 Å². The fraction of sp³-hybridized carbons (Fsp3) is 0.176. The maximum atomic E-state index is 12.2. The molecule has 1 aromatic carbocycles. The van der Waals surface area contributed by atoms with E-state index in [1.807, 2.05) is 6.07 Å². The molecule has 0 aliphatic carbocycles. The van der Waals surface area contributed by atoms with Gasteiger partial charge >= 0.3 is 5.97 Å². The molecule has 1 amide bonds. The summed E-state index contributed by atoms with van der Waals surface area (Å²) in [5.41, 5.74) is 0.964. The summed E-state index contributed by atoms with van der Waals surface area (Å²) < 4.78 is 15.5. The highest BCUT2D eigenvalue weighted by Crippen LogP contribution is 2.24. The standard InChI is InChI=1S/C17H15N3O5/c1-23-16-13(8-18-9-20-16)15(21)19-7-11-6-10-4-3-5-12(14(10)25-11)17(22)24-2/h3-6,8-9H,7H2,1-2H3,(H,19,21). The van der Waals surface area contributed by atoms with Crippen molar-refractivity contribution in [1.29, 1.82) is 0 Å². The van der Waals surface area contributed by atoms with Gasteiger partial charge in [-0.3, -0.25) is 4.79 Å². The molecule has 0 fully saturated rings. The van der Waals surface area contributed by atoms with Crippen LogP contribution in [0.3, 0.4) is 0 Å². The number of aromatic nitrogens is 2. The van der Waals surface area contributed by atoms with Crippen molar-refractivity contribution >= 4 is 22.8 Å². The second kappa shape index (κ2) is 7.00. The summed E-state index contributed by atoms with van der Waals surface area (Å²) in [5.74, 6) is -0.201. The van der Waals surface area contributed by atoms with E-state index in [4.69, 9.17) is 13.9 Å². The molecule has 25 heavy (non-hydrogen) atoms. The Bertz CT molecular complexity index is 935. The van der Waals surface area contributed by atoms with Gasteiger partial charge in [-0.15, -0.1) is 0 Å². The first-order valence-electron chi connectivity index (χ1n) is 7.36. The molecule has 2 heterocycles. The number of methoxy groups -OCH3 is 2. The van der Waals surface area contributed by atoms with Crippen molar-refractivity contribution in [2.45, 2.75) is 6.54 Å². The van der Waals surface area contributed by atoms with Crippen molar-refractivity contribution in [3.63, 3.8) is 0 Å². The van der Waals surface area contributed by atoms with E-state index in [-0.39, 0.29) is 18.0 Å². The lowest BCUT2D eigenvalue weighted by Gasteiger charge is -2.06. The van der Waals surface area contributed by atoms with Crippen LogP contribution >= 0.6 is 0 Å². The molecule has 1 N–H and O–H groups in total. The summed E-state index contributed by atoms with van der Waals surface area (Å²) >= 11 is 0. The van der Waals surface area contributed by atoms with Crippen LogP contribution in [0.1, 0.15) is 26.5 Å². The Morgan fingerprint density at radius 3 is 2.84 bits per heavy atom. The minimum atomic E-state index is -0.485. The molecule has 3 aromatic rings. The van der Waals surface area contributed by atoms with Crippen molar-refractivity contribution in [2.24, 2.45) is 0 Å². The number of carbonyl (C=O) groups is 2. The first-order chi connectivity index (χ1) is 12.1. The topological polar surface area (TPSA) is 104 Å². The first-order valence-corrected chi connectivity index (χ1v) is 7.36. The van der Waals surface area contributed by atoms with Crippen molar-refractivity contribution in [3.05, 3.63) is 53.7 Å². The molecule has 8 nitrogen and oxygen atoms in total. The fourth-order valence-corrected chi connectivity index (χ4v) is 2.37. The van der Waals surface area contributed by atoms with Crippen LogP contribution < -0.4 is 10.1 Å². The Morgan fingerprint density at radius 2 is 2.08 bits per heavy atom. The summed E-state index contributed by atoms with van der Waals surface area (Å²) in [4.78, 5) is 31.7. The molecule has 0 unspecified atom stereocenters. The number of carbonyl (C=O) groups excluding carboxylic acids is 2. The van der Waals surface area contributed by atoms with Gasteiger partial charge in [0.2, 0.25) is 5.88 Å². The van der Waals surface area contributed by atoms with Gasteiger partial charge in [0.05, 0.1) is 20.8 Å². The Labute approximate surface area is 142 Å². The third-order valence-electron chi connectivity index (χ3n) is 3.54.